The number of hydrogen-bond donors (Lipinski definition) is 1. The van der Waals surface area contributed by atoms with Gasteiger partial charge in [-0.05, 0) is 36.8 Å². The second-order valence-corrected chi connectivity index (χ2v) is 7.93. The number of amides is 3. The van der Waals surface area contributed by atoms with Crippen molar-refractivity contribution in [3.8, 4) is 5.69 Å². The van der Waals surface area contributed by atoms with Crippen molar-refractivity contribution in [1.29, 1.82) is 0 Å². The van der Waals surface area contributed by atoms with E-state index in [1.807, 2.05) is 31.2 Å². The van der Waals surface area contributed by atoms with E-state index in [0.29, 0.717) is 39.9 Å². The van der Waals surface area contributed by atoms with Crippen molar-refractivity contribution in [1.82, 2.24) is 19.8 Å². The van der Waals surface area contributed by atoms with Crippen LogP contribution in [0, 0.1) is 6.92 Å². The lowest BCUT2D eigenvalue weighted by molar-refractivity contribution is -0.124. The normalized spacial score (nSPS) is 13.7. The number of benzene rings is 2. The number of nitrogens with one attached hydrogen (secondary N) is 1. The molecule has 7 nitrogen and oxygen atoms in total. The standard InChI is InChI=1S/C20H17ClN4O3S/c1-12-4-2-3-5-16(12)25-18(27)14-7-6-13(21)10-15(14)23-20(25)29-11-17(26)24-9-8-22-19(24)28/h2-7,10H,8-9,11H2,1H3,(H,22,28). The van der Waals surface area contributed by atoms with E-state index in [-0.39, 0.29) is 17.2 Å². The molecule has 29 heavy (non-hydrogen) atoms. The van der Waals surface area contributed by atoms with E-state index in [9.17, 15) is 14.4 Å². The summed E-state index contributed by atoms with van der Waals surface area (Å²) in [6.07, 6.45) is 0. The van der Waals surface area contributed by atoms with Gasteiger partial charge in [0.1, 0.15) is 0 Å². The Morgan fingerprint density at radius 1 is 1.24 bits per heavy atom. The lowest BCUT2D eigenvalue weighted by Gasteiger charge is -2.16. The van der Waals surface area contributed by atoms with Gasteiger partial charge >= 0.3 is 6.03 Å². The summed E-state index contributed by atoms with van der Waals surface area (Å²) < 4.78 is 1.51. The maximum Gasteiger partial charge on any atom is 0.324 e. The number of hydrogen-bond acceptors (Lipinski definition) is 5. The summed E-state index contributed by atoms with van der Waals surface area (Å²) in [7, 11) is 0. The van der Waals surface area contributed by atoms with Gasteiger partial charge in [0.2, 0.25) is 5.91 Å². The molecule has 0 bridgehead atoms. The number of aromatic nitrogens is 2. The van der Waals surface area contributed by atoms with Gasteiger partial charge in [0, 0.05) is 18.1 Å². The molecule has 1 aromatic heterocycles. The number of fused-ring (bicyclic) bond motifs is 1. The van der Waals surface area contributed by atoms with Crippen molar-refractivity contribution in [2.24, 2.45) is 0 Å². The van der Waals surface area contributed by atoms with Gasteiger partial charge in [-0.3, -0.25) is 19.1 Å². The highest BCUT2D eigenvalue weighted by molar-refractivity contribution is 7.99. The summed E-state index contributed by atoms with van der Waals surface area (Å²) >= 11 is 7.19. The van der Waals surface area contributed by atoms with E-state index in [2.05, 4.69) is 10.3 Å². The molecule has 3 aromatic rings. The fourth-order valence-electron chi connectivity index (χ4n) is 3.18. The number of nitrogens with zero attached hydrogens (tertiary/aromatic N) is 3. The molecule has 9 heteroatoms. The van der Waals surface area contributed by atoms with Crippen LogP contribution in [0.1, 0.15) is 5.56 Å². The van der Waals surface area contributed by atoms with E-state index in [0.717, 1.165) is 17.3 Å². The van der Waals surface area contributed by atoms with Crippen molar-refractivity contribution in [3.63, 3.8) is 0 Å². The van der Waals surface area contributed by atoms with E-state index < -0.39 is 6.03 Å². The van der Waals surface area contributed by atoms with E-state index in [1.54, 1.807) is 18.2 Å². The maximum atomic E-state index is 13.3. The zero-order valence-electron chi connectivity index (χ0n) is 15.5. The Morgan fingerprint density at radius 2 is 2.03 bits per heavy atom. The van der Waals surface area contributed by atoms with Gasteiger partial charge in [0.05, 0.1) is 22.3 Å². The number of carbonyl (C=O) groups excluding carboxylic acids is 2. The molecule has 1 fully saturated rings. The average molecular weight is 429 g/mol. The van der Waals surface area contributed by atoms with Gasteiger partial charge in [-0.15, -0.1) is 0 Å². The smallest absolute Gasteiger partial charge is 0.324 e. The fourth-order valence-corrected chi connectivity index (χ4v) is 4.22. The van der Waals surface area contributed by atoms with Crippen LogP contribution in [-0.2, 0) is 4.79 Å². The minimum atomic E-state index is -0.398. The summed E-state index contributed by atoms with van der Waals surface area (Å²) in [5, 5.41) is 3.88. The number of imide groups is 1. The summed E-state index contributed by atoms with van der Waals surface area (Å²) in [5.74, 6) is -0.348. The van der Waals surface area contributed by atoms with Gasteiger partial charge < -0.3 is 5.32 Å². The van der Waals surface area contributed by atoms with Crippen LogP contribution in [0.4, 0.5) is 4.79 Å². The number of thioether (sulfide) groups is 1. The van der Waals surface area contributed by atoms with Gasteiger partial charge in [0.15, 0.2) is 5.16 Å². The van der Waals surface area contributed by atoms with E-state index >= 15 is 0 Å². The molecule has 1 N–H and O–H groups in total. The molecule has 2 heterocycles. The first-order chi connectivity index (χ1) is 14.0. The van der Waals surface area contributed by atoms with Crippen LogP contribution in [0.3, 0.4) is 0 Å². The predicted octanol–water partition coefficient (Wildman–Crippen LogP) is 2.99. The molecule has 4 rings (SSSR count). The first kappa shape index (κ1) is 19.5. The van der Waals surface area contributed by atoms with Crippen LogP contribution < -0.4 is 10.9 Å². The third-order valence-corrected chi connectivity index (χ3v) is 5.80. The molecular formula is C20H17ClN4O3S. The Hall–Kier alpha value is -2.84. The molecule has 2 aromatic carbocycles. The van der Waals surface area contributed by atoms with Crippen LogP contribution in [0.5, 0.6) is 0 Å². The zero-order valence-corrected chi connectivity index (χ0v) is 17.1. The molecule has 0 spiro atoms. The van der Waals surface area contributed by atoms with Crippen LogP contribution >= 0.6 is 23.4 Å². The van der Waals surface area contributed by atoms with Crippen LogP contribution in [0.2, 0.25) is 5.02 Å². The Morgan fingerprint density at radius 3 is 2.76 bits per heavy atom. The van der Waals surface area contributed by atoms with Crippen molar-refractivity contribution >= 4 is 46.2 Å². The molecule has 148 valence electrons. The summed E-state index contributed by atoms with van der Waals surface area (Å²) in [5.41, 5.74) is 1.81. The molecule has 0 radical (unpaired) electrons. The summed E-state index contributed by atoms with van der Waals surface area (Å²) in [4.78, 5) is 43.2. The van der Waals surface area contributed by atoms with Crippen molar-refractivity contribution in [3.05, 3.63) is 63.4 Å². The van der Waals surface area contributed by atoms with Gasteiger partial charge in [-0.1, -0.05) is 41.6 Å². The highest BCUT2D eigenvalue weighted by Crippen LogP contribution is 2.24. The average Bonchev–Trinajstić information content (AvgIpc) is 3.13. The number of aryl methyl sites for hydroxylation is 1. The number of rotatable bonds is 4. The third kappa shape index (κ3) is 3.73. The molecule has 1 saturated heterocycles. The third-order valence-electron chi connectivity index (χ3n) is 4.64. The molecule has 3 amide bonds. The lowest BCUT2D eigenvalue weighted by atomic mass is 10.2. The second-order valence-electron chi connectivity index (χ2n) is 6.55. The largest absolute Gasteiger partial charge is 0.336 e. The molecule has 0 saturated carbocycles. The predicted molar refractivity (Wildman–Crippen MR) is 113 cm³/mol. The number of halogens is 1. The SMILES string of the molecule is Cc1ccccc1-n1c(SCC(=O)N2CCNC2=O)nc2cc(Cl)ccc2c1=O. The minimum absolute atomic E-state index is 0.0161. The molecular weight excluding hydrogens is 412 g/mol. The number of para-hydroxylation sites is 1. The van der Waals surface area contributed by atoms with Crippen molar-refractivity contribution in [2.45, 2.75) is 12.1 Å². The molecule has 0 aliphatic carbocycles. The van der Waals surface area contributed by atoms with Gasteiger partial charge in [0.25, 0.3) is 5.56 Å². The molecule has 1 aliphatic rings. The Labute approximate surface area is 175 Å². The zero-order chi connectivity index (χ0) is 20.5. The second kappa shape index (κ2) is 7.88. The molecule has 0 unspecified atom stereocenters. The Bertz CT molecular complexity index is 1190. The minimum Gasteiger partial charge on any atom is -0.336 e. The lowest BCUT2D eigenvalue weighted by Crippen LogP contribution is -2.35. The van der Waals surface area contributed by atoms with E-state index in [1.165, 1.54) is 9.47 Å². The number of urea groups is 1. The van der Waals surface area contributed by atoms with Crippen LogP contribution in [0.15, 0.2) is 52.4 Å². The van der Waals surface area contributed by atoms with Crippen LogP contribution in [-0.4, -0.2) is 45.2 Å². The summed E-state index contributed by atoms with van der Waals surface area (Å²) in [6.45, 7) is 2.68. The summed E-state index contributed by atoms with van der Waals surface area (Å²) in [6, 6.07) is 12.0. The Kier molecular flexibility index (Phi) is 5.29. The first-order valence-corrected chi connectivity index (χ1v) is 10.3. The van der Waals surface area contributed by atoms with Gasteiger partial charge in [-0.25, -0.2) is 9.78 Å². The first-order valence-electron chi connectivity index (χ1n) is 8.95. The topological polar surface area (TPSA) is 84.3 Å². The van der Waals surface area contributed by atoms with E-state index in [4.69, 9.17) is 11.6 Å². The van der Waals surface area contributed by atoms with Gasteiger partial charge in [-0.2, -0.15) is 0 Å². The Balaban J connectivity index is 1.79. The maximum absolute atomic E-state index is 13.3. The number of carbonyl (C=O) groups is 2. The van der Waals surface area contributed by atoms with Crippen LogP contribution in [0.25, 0.3) is 16.6 Å². The quantitative estimate of drug-likeness (QED) is 0.510. The van der Waals surface area contributed by atoms with Crippen molar-refractivity contribution < 1.29 is 9.59 Å². The molecule has 0 atom stereocenters. The monoisotopic (exact) mass is 428 g/mol. The highest BCUT2D eigenvalue weighted by Gasteiger charge is 2.26. The molecule has 1 aliphatic heterocycles. The van der Waals surface area contributed by atoms with Crippen molar-refractivity contribution in [2.75, 3.05) is 18.8 Å². The highest BCUT2D eigenvalue weighted by atomic mass is 35.5. The fraction of sp³-hybridized carbons (Fsp3) is 0.200.